The molecule has 2 aliphatic heterocycles. The van der Waals surface area contributed by atoms with Gasteiger partial charge in [-0.1, -0.05) is 48.5 Å². The zero-order chi connectivity index (χ0) is 24.4. The van der Waals surface area contributed by atoms with Crippen molar-refractivity contribution in [2.75, 3.05) is 37.6 Å². The standard InChI is InChI=1S/C28H28F2N4O/c1-20-7-2-3-10-23(20)27-18-25(21-8-6-9-22(29)17-21)31-34(27)28(35)19-32-13-15-33(16-14-32)26-12-5-4-11-24(26)30/h2-12,17,27H,13-16,18-19H2,1H3/t27-/m0/s1. The van der Waals surface area contributed by atoms with Gasteiger partial charge in [-0.25, -0.2) is 13.8 Å². The number of halogens is 2. The Labute approximate surface area is 204 Å². The molecular weight excluding hydrogens is 446 g/mol. The van der Waals surface area contributed by atoms with Crippen LogP contribution in [0.15, 0.2) is 77.9 Å². The maximum atomic E-state index is 14.2. The molecule has 3 aromatic carbocycles. The Morgan fingerprint density at radius 3 is 2.43 bits per heavy atom. The maximum Gasteiger partial charge on any atom is 0.257 e. The number of carbonyl (C=O) groups is 1. The lowest BCUT2D eigenvalue weighted by Gasteiger charge is -2.36. The molecule has 180 valence electrons. The van der Waals surface area contributed by atoms with E-state index >= 15 is 0 Å². The summed E-state index contributed by atoms with van der Waals surface area (Å²) < 4.78 is 28.0. The molecule has 2 heterocycles. The van der Waals surface area contributed by atoms with Gasteiger partial charge in [-0.2, -0.15) is 5.10 Å². The summed E-state index contributed by atoms with van der Waals surface area (Å²) >= 11 is 0. The molecule has 0 spiro atoms. The Morgan fingerprint density at radius 1 is 0.943 bits per heavy atom. The van der Waals surface area contributed by atoms with Crippen LogP contribution >= 0.6 is 0 Å². The van der Waals surface area contributed by atoms with Crippen LogP contribution in [0.1, 0.15) is 29.2 Å². The SMILES string of the molecule is Cc1ccccc1[C@@H]1CC(c2cccc(F)c2)=NN1C(=O)CN1CCN(c2ccccc2F)CC1. The van der Waals surface area contributed by atoms with Crippen LogP contribution in [0.5, 0.6) is 0 Å². The van der Waals surface area contributed by atoms with E-state index in [1.807, 2.05) is 48.2 Å². The van der Waals surface area contributed by atoms with Gasteiger partial charge in [0.25, 0.3) is 5.91 Å². The molecule has 1 atom stereocenters. The zero-order valence-electron chi connectivity index (χ0n) is 19.7. The first-order chi connectivity index (χ1) is 17.0. The predicted molar refractivity (Wildman–Crippen MR) is 133 cm³/mol. The van der Waals surface area contributed by atoms with E-state index in [0.29, 0.717) is 49.6 Å². The fourth-order valence-electron chi connectivity index (χ4n) is 4.90. The number of amides is 1. The van der Waals surface area contributed by atoms with Gasteiger partial charge in [0.05, 0.1) is 24.0 Å². The summed E-state index contributed by atoms with van der Waals surface area (Å²) in [6, 6.07) is 20.9. The molecule has 3 aromatic rings. The van der Waals surface area contributed by atoms with Gasteiger partial charge in [0.2, 0.25) is 0 Å². The van der Waals surface area contributed by atoms with E-state index in [-0.39, 0.29) is 30.1 Å². The van der Waals surface area contributed by atoms with E-state index in [1.165, 1.54) is 18.2 Å². The summed E-state index contributed by atoms with van der Waals surface area (Å²) in [4.78, 5) is 17.6. The number of rotatable bonds is 5. The van der Waals surface area contributed by atoms with Crippen LogP contribution < -0.4 is 4.90 Å². The zero-order valence-corrected chi connectivity index (χ0v) is 19.7. The molecule has 0 aromatic heterocycles. The normalized spacial score (nSPS) is 18.6. The Balaban J connectivity index is 1.32. The van der Waals surface area contributed by atoms with Crippen molar-refractivity contribution in [3.8, 4) is 0 Å². The average Bonchev–Trinajstić information content (AvgIpc) is 3.31. The van der Waals surface area contributed by atoms with Gasteiger partial charge in [0.1, 0.15) is 11.6 Å². The van der Waals surface area contributed by atoms with Crippen molar-refractivity contribution >= 4 is 17.3 Å². The minimum Gasteiger partial charge on any atom is -0.367 e. The van der Waals surface area contributed by atoms with Crippen molar-refractivity contribution in [3.63, 3.8) is 0 Å². The summed E-state index contributed by atoms with van der Waals surface area (Å²) in [6.45, 7) is 4.86. The molecule has 0 aliphatic carbocycles. The number of benzene rings is 3. The number of piperazine rings is 1. The summed E-state index contributed by atoms with van der Waals surface area (Å²) in [5.41, 5.74) is 4.12. The highest BCUT2D eigenvalue weighted by Crippen LogP contribution is 2.34. The van der Waals surface area contributed by atoms with E-state index in [0.717, 1.165) is 11.1 Å². The van der Waals surface area contributed by atoms with Crippen molar-refractivity contribution < 1.29 is 13.6 Å². The fraction of sp³-hybridized carbons (Fsp3) is 0.286. The minimum absolute atomic E-state index is 0.0935. The van der Waals surface area contributed by atoms with Gasteiger partial charge >= 0.3 is 0 Å². The molecule has 1 amide bonds. The lowest BCUT2D eigenvalue weighted by Crippen LogP contribution is -2.49. The lowest BCUT2D eigenvalue weighted by molar-refractivity contribution is -0.134. The van der Waals surface area contributed by atoms with Gasteiger partial charge in [0.15, 0.2) is 0 Å². The molecule has 5 rings (SSSR count). The molecule has 7 heteroatoms. The number of nitrogens with zero attached hydrogens (tertiary/aromatic N) is 4. The Morgan fingerprint density at radius 2 is 1.69 bits per heavy atom. The molecule has 0 saturated carbocycles. The molecule has 35 heavy (non-hydrogen) atoms. The van der Waals surface area contributed by atoms with Crippen LogP contribution in [0.2, 0.25) is 0 Å². The van der Waals surface area contributed by atoms with Crippen LogP contribution in [0.4, 0.5) is 14.5 Å². The number of anilines is 1. The maximum absolute atomic E-state index is 14.2. The molecule has 0 N–H and O–H groups in total. The molecule has 1 fully saturated rings. The van der Waals surface area contributed by atoms with Crippen molar-refractivity contribution in [1.82, 2.24) is 9.91 Å². The first-order valence-electron chi connectivity index (χ1n) is 11.9. The summed E-state index contributed by atoms with van der Waals surface area (Å²) in [5, 5.41) is 6.26. The number of hydrazone groups is 1. The van der Waals surface area contributed by atoms with Crippen molar-refractivity contribution in [2.45, 2.75) is 19.4 Å². The monoisotopic (exact) mass is 474 g/mol. The molecule has 1 saturated heterocycles. The number of hydrogen-bond donors (Lipinski definition) is 0. The molecule has 0 unspecified atom stereocenters. The predicted octanol–water partition coefficient (Wildman–Crippen LogP) is 4.77. The highest BCUT2D eigenvalue weighted by Gasteiger charge is 2.35. The molecule has 5 nitrogen and oxygen atoms in total. The first-order valence-corrected chi connectivity index (χ1v) is 11.9. The number of hydrogen-bond acceptors (Lipinski definition) is 4. The Hall–Kier alpha value is -3.58. The molecule has 0 radical (unpaired) electrons. The molecule has 2 aliphatic rings. The summed E-state index contributed by atoms with van der Waals surface area (Å²) in [6.07, 6.45) is 0.529. The summed E-state index contributed by atoms with van der Waals surface area (Å²) in [7, 11) is 0. The van der Waals surface area contributed by atoms with Crippen LogP contribution in [0, 0.1) is 18.6 Å². The smallest absolute Gasteiger partial charge is 0.257 e. The van der Waals surface area contributed by atoms with Crippen molar-refractivity contribution in [3.05, 3.63) is 101 Å². The number of carbonyl (C=O) groups excluding carboxylic acids is 1. The topological polar surface area (TPSA) is 39.2 Å². The van der Waals surface area contributed by atoms with E-state index in [4.69, 9.17) is 0 Å². The summed E-state index contributed by atoms with van der Waals surface area (Å²) in [5.74, 6) is -0.645. The van der Waals surface area contributed by atoms with Gasteiger partial charge in [-0.05, 0) is 42.3 Å². The average molecular weight is 475 g/mol. The van der Waals surface area contributed by atoms with E-state index in [1.54, 1.807) is 23.2 Å². The lowest BCUT2D eigenvalue weighted by atomic mass is 9.95. The van der Waals surface area contributed by atoms with Crippen LogP contribution in [0.25, 0.3) is 0 Å². The van der Waals surface area contributed by atoms with Crippen molar-refractivity contribution in [2.24, 2.45) is 5.10 Å². The van der Waals surface area contributed by atoms with Crippen LogP contribution in [-0.4, -0.2) is 54.3 Å². The second-order valence-electron chi connectivity index (χ2n) is 9.09. The third-order valence-electron chi connectivity index (χ3n) is 6.80. The molecular formula is C28H28F2N4O. The first kappa shape index (κ1) is 23.2. The number of para-hydroxylation sites is 1. The number of aryl methyl sites for hydroxylation is 1. The highest BCUT2D eigenvalue weighted by atomic mass is 19.1. The van der Waals surface area contributed by atoms with Crippen LogP contribution in [-0.2, 0) is 4.79 Å². The quantitative estimate of drug-likeness (QED) is 0.535. The Kier molecular flexibility index (Phi) is 6.59. The third-order valence-corrected chi connectivity index (χ3v) is 6.80. The van der Waals surface area contributed by atoms with Gasteiger partial charge < -0.3 is 4.90 Å². The Bertz CT molecular complexity index is 1250. The van der Waals surface area contributed by atoms with Gasteiger partial charge in [0, 0.05) is 38.2 Å². The third kappa shape index (κ3) is 4.95. The molecule has 0 bridgehead atoms. The van der Waals surface area contributed by atoms with Crippen molar-refractivity contribution in [1.29, 1.82) is 0 Å². The van der Waals surface area contributed by atoms with Crippen LogP contribution in [0.3, 0.4) is 0 Å². The minimum atomic E-state index is -0.324. The second kappa shape index (κ2) is 9.96. The largest absolute Gasteiger partial charge is 0.367 e. The van der Waals surface area contributed by atoms with Gasteiger partial charge in [-0.3, -0.25) is 9.69 Å². The van der Waals surface area contributed by atoms with E-state index < -0.39 is 0 Å². The van der Waals surface area contributed by atoms with E-state index in [9.17, 15) is 13.6 Å². The fourth-order valence-corrected chi connectivity index (χ4v) is 4.90. The van der Waals surface area contributed by atoms with Gasteiger partial charge in [-0.15, -0.1) is 0 Å². The van der Waals surface area contributed by atoms with E-state index in [2.05, 4.69) is 10.0 Å². The highest BCUT2D eigenvalue weighted by molar-refractivity contribution is 6.03. The second-order valence-corrected chi connectivity index (χ2v) is 9.09.